The van der Waals surface area contributed by atoms with Crippen molar-refractivity contribution in [2.45, 2.75) is 26.3 Å². The summed E-state index contributed by atoms with van der Waals surface area (Å²) in [5.41, 5.74) is 1.95. The Morgan fingerprint density at radius 3 is 2.61 bits per heavy atom. The summed E-state index contributed by atoms with van der Waals surface area (Å²) in [6.45, 7) is 2.87. The summed E-state index contributed by atoms with van der Waals surface area (Å²) in [5, 5.41) is 7.14. The van der Waals surface area contributed by atoms with Crippen molar-refractivity contribution in [3.63, 3.8) is 0 Å². The van der Waals surface area contributed by atoms with E-state index < -0.39 is 0 Å². The number of aromatic nitrogens is 2. The first-order valence-electron chi connectivity index (χ1n) is 10.1. The fourth-order valence-electron chi connectivity index (χ4n) is 3.49. The van der Waals surface area contributed by atoms with Gasteiger partial charge in [0, 0.05) is 22.6 Å². The van der Waals surface area contributed by atoms with Gasteiger partial charge in [0.25, 0.3) is 17.7 Å². The van der Waals surface area contributed by atoms with Gasteiger partial charge in [0.15, 0.2) is 0 Å². The first kappa shape index (κ1) is 21.0. The van der Waals surface area contributed by atoms with E-state index in [1.807, 2.05) is 31.2 Å². The molecular formula is C23H21BrN4O3. The minimum Gasteiger partial charge on any atom is -0.307 e. The first-order chi connectivity index (χ1) is 15.0. The number of fused-ring (bicyclic) bond motifs is 1. The van der Waals surface area contributed by atoms with E-state index in [1.54, 1.807) is 29.1 Å². The van der Waals surface area contributed by atoms with Crippen LogP contribution in [0.3, 0.4) is 0 Å². The van der Waals surface area contributed by atoms with Crippen LogP contribution in [-0.4, -0.2) is 38.9 Å². The van der Waals surface area contributed by atoms with Crippen LogP contribution in [0.4, 0.5) is 5.82 Å². The average Bonchev–Trinajstić information content (AvgIpc) is 3.30. The molecule has 3 amide bonds. The lowest BCUT2D eigenvalue weighted by Crippen LogP contribution is -2.30. The summed E-state index contributed by atoms with van der Waals surface area (Å²) < 4.78 is 2.64. The summed E-state index contributed by atoms with van der Waals surface area (Å²) in [5.74, 6) is -0.480. The summed E-state index contributed by atoms with van der Waals surface area (Å²) >= 11 is 3.52. The van der Waals surface area contributed by atoms with Crippen LogP contribution in [0.1, 0.15) is 56.4 Å². The van der Waals surface area contributed by atoms with Gasteiger partial charge in [-0.1, -0.05) is 47.5 Å². The number of benzene rings is 2. The number of nitrogens with one attached hydrogen (secondary N) is 1. The molecule has 4 rings (SSSR count). The summed E-state index contributed by atoms with van der Waals surface area (Å²) in [6.07, 6.45) is 3.25. The molecule has 0 unspecified atom stereocenters. The van der Waals surface area contributed by atoms with Gasteiger partial charge < -0.3 is 5.32 Å². The zero-order chi connectivity index (χ0) is 22.0. The SMILES string of the molecule is CCCCN1C(=O)c2ccc(C(=O)Nc3ccnn3Cc3ccccc3Br)cc2C1=O. The van der Waals surface area contributed by atoms with Crippen molar-refractivity contribution >= 4 is 39.5 Å². The van der Waals surface area contributed by atoms with Gasteiger partial charge in [-0.2, -0.15) is 5.10 Å². The van der Waals surface area contributed by atoms with Gasteiger partial charge in [-0.3, -0.25) is 19.3 Å². The van der Waals surface area contributed by atoms with Crippen LogP contribution in [0.5, 0.6) is 0 Å². The van der Waals surface area contributed by atoms with Crippen molar-refractivity contribution in [1.29, 1.82) is 0 Å². The number of hydrogen-bond acceptors (Lipinski definition) is 4. The largest absolute Gasteiger partial charge is 0.307 e. The van der Waals surface area contributed by atoms with E-state index in [4.69, 9.17) is 0 Å². The fraction of sp³-hybridized carbons (Fsp3) is 0.217. The molecule has 0 saturated heterocycles. The number of amides is 3. The van der Waals surface area contributed by atoms with Gasteiger partial charge in [0.05, 0.1) is 23.9 Å². The second-order valence-corrected chi connectivity index (χ2v) is 8.15. The maximum Gasteiger partial charge on any atom is 0.261 e. The third-order valence-electron chi connectivity index (χ3n) is 5.20. The van der Waals surface area contributed by atoms with Gasteiger partial charge >= 0.3 is 0 Å². The van der Waals surface area contributed by atoms with E-state index in [0.29, 0.717) is 30.0 Å². The average molecular weight is 481 g/mol. The van der Waals surface area contributed by atoms with Crippen LogP contribution in [0.15, 0.2) is 59.2 Å². The Morgan fingerprint density at radius 2 is 1.84 bits per heavy atom. The van der Waals surface area contributed by atoms with Crippen molar-refractivity contribution in [3.05, 3.63) is 81.5 Å². The van der Waals surface area contributed by atoms with Crippen molar-refractivity contribution in [3.8, 4) is 0 Å². The summed E-state index contributed by atoms with van der Waals surface area (Å²) in [7, 11) is 0. The highest BCUT2D eigenvalue weighted by molar-refractivity contribution is 9.10. The number of nitrogens with zero attached hydrogens (tertiary/aromatic N) is 3. The fourth-order valence-corrected chi connectivity index (χ4v) is 3.90. The van der Waals surface area contributed by atoms with Crippen LogP contribution in [0, 0.1) is 0 Å². The van der Waals surface area contributed by atoms with Crippen LogP contribution in [-0.2, 0) is 6.54 Å². The highest BCUT2D eigenvalue weighted by Crippen LogP contribution is 2.25. The number of anilines is 1. The van der Waals surface area contributed by atoms with E-state index in [1.165, 1.54) is 11.0 Å². The van der Waals surface area contributed by atoms with Gasteiger partial charge in [-0.05, 0) is 36.2 Å². The van der Waals surface area contributed by atoms with Gasteiger partial charge in [-0.15, -0.1) is 0 Å². The highest BCUT2D eigenvalue weighted by atomic mass is 79.9. The topological polar surface area (TPSA) is 84.3 Å². The second-order valence-electron chi connectivity index (χ2n) is 7.30. The minimum absolute atomic E-state index is 0.274. The summed E-state index contributed by atoms with van der Waals surface area (Å²) in [6, 6.07) is 14.1. The van der Waals surface area contributed by atoms with Gasteiger partial charge in [0.1, 0.15) is 5.82 Å². The molecule has 0 atom stereocenters. The molecule has 0 radical (unpaired) electrons. The van der Waals surface area contributed by atoms with E-state index in [9.17, 15) is 14.4 Å². The molecule has 2 heterocycles. The number of halogens is 1. The molecule has 3 aromatic rings. The van der Waals surface area contributed by atoms with E-state index in [2.05, 4.69) is 26.3 Å². The van der Waals surface area contributed by atoms with Crippen molar-refractivity contribution < 1.29 is 14.4 Å². The quantitative estimate of drug-likeness (QED) is 0.509. The van der Waals surface area contributed by atoms with Crippen LogP contribution in [0.25, 0.3) is 0 Å². The van der Waals surface area contributed by atoms with Crippen molar-refractivity contribution in [2.24, 2.45) is 0 Å². The van der Waals surface area contributed by atoms with Crippen molar-refractivity contribution in [2.75, 3.05) is 11.9 Å². The predicted octanol–water partition coefficient (Wildman–Crippen LogP) is 4.34. The Bertz CT molecular complexity index is 1170. The van der Waals surface area contributed by atoms with Crippen LogP contribution in [0.2, 0.25) is 0 Å². The number of hydrogen-bond donors (Lipinski definition) is 1. The number of carbonyl (C=O) groups excluding carboxylic acids is 3. The Labute approximate surface area is 188 Å². The Balaban J connectivity index is 1.52. The number of carbonyl (C=O) groups is 3. The lowest BCUT2D eigenvalue weighted by atomic mass is 10.1. The molecule has 158 valence electrons. The Kier molecular flexibility index (Phi) is 5.99. The molecule has 1 aliphatic rings. The molecule has 0 bridgehead atoms. The third-order valence-corrected chi connectivity index (χ3v) is 5.98. The maximum atomic E-state index is 12.9. The molecule has 0 spiro atoms. The van der Waals surface area contributed by atoms with E-state index >= 15 is 0 Å². The second kappa shape index (κ2) is 8.85. The monoisotopic (exact) mass is 480 g/mol. The molecule has 2 aromatic carbocycles. The molecule has 8 heteroatoms. The Morgan fingerprint density at radius 1 is 1.06 bits per heavy atom. The molecule has 1 aromatic heterocycles. The zero-order valence-electron chi connectivity index (χ0n) is 17.0. The van der Waals surface area contributed by atoms with E-state index in [0.717, 1.165) is 22.9 Å². The molecule has 31 heavy (non-hydrogen) atoms. The van der Waals surface area contributed by atoms with Crippen LogP contribution >= 0.6 is 15.9 Å². The van der Waals surface area contributed by atoms with E-state index in [-0.39, 0.29) is 23.3 Å². The third kappa shape index (κ3) is 4.16. The van der Waals surface area contributed by atoms with Crippen LogP contribution < -0.4 is 5.32 Å². The smallest absolute Gasteiger partial charge is 0.261 e. The lowest BCUT2D eigenvalue weighted by molar-refractivity contribution is 0.0652. The molecule has 7 nitrogen and oxygen atoms in total. The summed E-state index contributed by atoms with van der Waals surface area (Å²) in [4.78, 5) is 39.2. The minimum atomic E-state index is -0.371. The highest BCUT2D eigenvalue weighted by Gasteiger charge is 2.35. The first-order valence-corrected chi connectivity index (χ1v) is 10.9. The molecule has 0 aliphatic carbocycles. The van der Waals surface area contributed by atoms with Gasteiger partial charge in [-0.25, -0.2) is 4.68 Å². The normalized spacial score (nSPS) is 12.9. The molecule has 1 aliphatic heterocycles. The number of unbranched alkanes of at least 4 members (excludes halogenated alkanes) is 1. The molecule has 1 N–H and O–H groups in total. The standard InChI is InChI=1S/C23H21BrN4O3/c1-2-3-12-27-22(30)17-9-8-15(13-18(17)23(27)31)21(29)26-20-10-11-25-28(20)14-16-6-4-5-7-19(16)24/h4-11,13H,2-3,12,14H2,1H3,(H,26,29). The lowest BCUT2D eigenvalue weighted by Gasteiger charge is -2.12. The van der Waals surface area contributed by atoms with Crippen molar-refractivity contribution in [1.82, 2.24) is 14.7 Å². The Hall–Kier alpha value is -3.26. The van der Waals surface area contributed by atoms with Gasteiger partial charge in [0.2, 0.25) is 0 Å². The number of imide groups is 1. The zero-order valence-corrected chi connectivity index (χ0v) is 18.6. The predicted molar refractivity (Wildman–Crippen MR) is 120 cm³/mol. The number of rotatable bonds is 7. The maximum absolute atomic E-state index is 12.9. The molecular weight excluding hydrogens is 460 g/mol. The molecule has 0 fully saturated rings. The molecule has 0 saturated carbocycles.